The summed E-state index contributed by atoms with van der Waals surface area (Å²) in [5.41, 5.74) is 6.35. The van der Waals surface area contributed by atoms with Crippen molar-refractivity contribution in [3.8, 4) is 0 Å². The first-order valence-electron chi connectivity index (χ1n) is 10.4. The van der Waals surface area contributed by atoms with E-state index in [1.165, 1.54) is 12.8 Å². The van der Waals surface area contributed by atoms with Crippen molar-refractivity contribution >= 4 is 11.8 Å². The van der Waals surface area contributed by atoms with Crippen molar-refractivity contribution in [2.75, 3.05) is 13.2 Å². The molecular weight excluding hydrogens is 330 g/mol. The Balaban J connectivity index is 1.54. The highest BCUT2D eigenvalue weighted by molar-refractivity contribution is 5.91. The van der Waals surface area contributed by atoms with Crippen LogP contribution < -0.4 is 11.1 Å². The molecule has 2 amide bonds. The van der Waals surface area contributed by atoms with Crippen molar-refractivity contribution in [2.45, 2.75) is 89.4 Å². The van der Waals surface area contributed by atoms with Gasteiger partial charge in [-0.05, 0) is 56.8 Å². The molecule has 26 heavy (non-hydrogen) atoms. The minimum absolute atomic E-state index is 0.0168. The molecule has 1 saturated carbocycles. The molecule has 148 valence electrons. The third kappa shape index (κ3) is 4.58. The van der Waals surface area contributed by atoms with Crippen LogP contribution in [0.25, 0.3) is 0 Å². The summed E-state index contributed by atoms with van der Waals surface area (Å²) in [5, 5.41) is 2.80. The third-order valence-corrected chi connectivity index (χ3v) is 6.57. The topological polar surface area (TPSA) is 84.7 Å². The van der Waals surface area contributed by atoms with Gasteiger partial charge in [0.1, 0.15) is 6.04 Å². The highest BCUT2D eigenvalue weighted by atomic mass is 16.5. The average Bonchev–Trinajstić information content (AvgIpc) is 3.06. The van der Waals surface area contributed by atoms with Gasteiger partial charge in [-0.25, -0.2) is 0 Å². The van der Waals surface area contributed by atoms with E-state index in [2.05, 4.69) is 19.2 Å². The Morgan fingerprint density at radius 1 is 1.23 bits per heavy atom. The van der Waals surface area contributed by atoms with Crippen LogP contribution in [0.5, 0.6) is 0 Å². The van der Waals surface area contributed by atoms with Gasteiger partial charge in [0, 0.05) is 19.0 Å². The molecule has 1 unspecified atom stereocenters. The lowest BCUT2D eigenvalue weighted by Gasteiger charge is -2.41. The molecule has 0 aromatic carbocycles. The molecule has 3 aliphatic rings. The molecule has 2 heterocycles. The number of ether oxygens (including phenoxy) is 1. The fraction of sp³-hybridized carbons (Fsp3) is 0.900. The number of nitrogens with one attached hydrogen (secondary N) is 1. The Labute approximate surface area is 157 Å². The minimum atomic E-state index is -0.378. The van der Waals surface area contributed by atoms with Crippen molar-refractivity contribution in [3.05, 3.63) is 0 Å². The van der Waals surface area contributed by atoms with Crippen LogP contribution in [0.2, 0.25) is 0 Å². The number of amides is 2. The molecule has 2 aliphatic heterocycles. The van der Waals surface area contributed by atoms with E-state index in [0.29, 0.717) is 32.1 Å². The van der Waals surface area contributed by atoms with Crippen LogP contribution >= 0.6 is 0 Å². The van der Waals surface area contributed by atoms with Crippen molar-refractivity contribution in [3.63, 3.8) is 0 Å². The summed E-state index contributed by atoms with van der Waals surface area (Å²) in [7, 11) is 0. The van der Waals surface area contributed by atoms with Gasteiger partial charge in [-0.1, -0.05) is 13.8 Å². The van der Waals surface area contributed by atoms with Gasteiger partial charge in [0.25, 0.3) is 0 Å². The van der Waals surface area contributed by atoms with Crippen LogP contribution in [0.4, 0.5) is 0 Å². The first-order valence-corrected chi connectivity index (χ1v) is 10.4. The molecule has 3 N–H and O–H groups in total. The summed E-state index contributed by atoms with van der Waals surface area (Å²) in [6, 6.07) is -0.495. The zero-order valence-corrected chi connectivity index (χ0v) is 16.3. The maximum atomic E-state index is 12.9. The normalized spacial score (nSPS) is 35.6. The molecule has 2 saturated heterocycles. The number of carbonyl (C=O) groups is 2. The smallest absolute Gasteiger partial charge is 0.245 e. The van der Waals surface area contributed by atoms with E-state index < -0.39 is 0 Å². The number of nitrogens with zero attached hydrogens (tertiary/aromatic N) is 1. The molecule has 3 atom stereocenters. The zero-order valence-electron chi connectivity index (χ0n) is 16.3. The molecule has 3 fully saturated rings. The van der Waals surface area contributed by atoms with Gasteiger partial charge in [0.15, 0.2) is 0 Å². The van der Waals surface area contributed by atoms with Crippen LogP contribution in [0.15, 0.2) is 0 Å². The Bertz CT molecular complexity index is 503. The van der Waals surface area contributed by atoms with E-state index in [4.69, 9.17) is 10.5 Å². The summed E-state index contributed by atoms with van der Waals surface area (Å²) in [6.45, 7) is 5.84. The van der Waals surface area contributed by atoms with Crippen LogP contribution in [-0.2, 0) is 14.3 Å². The Morgan fingerprint density at radius 3 is 2.58 bits per heavy atom. The molecule has 0 aromatic rings. The van der Waals surface area contributed by atoms with E-state index in [9.17, 15) is 9.59 Å². The number of hydrogen-bond donors (Lipinski definition) is 2. The van der Waals surface area contributed by atoms with E-state index in [1.807, 2.05) is 4.90 Å². The van der Waals surface area contributed by atoms with Crippen molar-refractivity contribution < 1.29 is 14.3 Å². The van der Waals surface area contributed by atoms with Crippen LogP contribution in [-0.4, -0.2) is 54.1 Å². The summed E-state index contributed by atoms with van der Waals surface area (Å²) in [6.07, 6.45) is 7.85. The van der Waals surface area contributed by atoms with E-state index in [-0.39, 0.29) is 29.9 Å². The SMILES string of the molecule is CC(C)[C@H]1CC[C@@H](OC[C@H]2[C@@H](N)CCCN2C(=O)C2CCC(=O)N2)CC1. The first kappa shape index (κ1) is 19.6. The van der Waals surface area contributed by atoms with Gasteiger partial charge < -0.3 is 20.7 Å². The van der Waals surface area contributed by atoms with Gasteiger partial charge in [-0.15, -0.1) is 0 Å². The Morgan fingerprint density at radius 2 is 1.96 bits per heavy atom. The number of likely N-dealkylation sites (tertiary alicyclic amines) is 1. The molecule has 6 heteroatoms. The van der Waals surface area contributed by atoms with Gasteiger partial charge >= 0.3 is 0 Å². The number of carbonyl (C=O) groups excluding carboxylic acids is 2. The molecule has 6 nitrogen and oxygen atoms in total. The number of rotatable bonds is 5. The van der Waals surface area contributed by atoms with Gasteiger partial charge in [-0.2, -0.15) is 0 Å². The summed E-state index contributed by atoms with van der Waals surface area (Å²) in [4.78, 5) is 26.2. The first-order chi connectivity index (χ1) is 12.5. The molecule has 0 aromatic heterocycles. The molecule has 3 rings (SSSR count). The predicted octanol–water partition coefficient (Wildman–Crippen LogP) is 1.81. The summed E-state index contributed by atoms with van der Waals surface area (Å²) >= 11 is 0. The lowest BCUT2D eigenvalue weighted by Crippen LogP contribution is -2.59. The Hall–Kier alpha value is -1.14. The number of hydrogen-bond acceptors (Lipinski definition) is 4. The summed E-state index contributed by atoms with van der Waals surface area (Å²) in [5.74, 6) is 1.55. The van der Waals surface area contributed by atoms with Crippen molar-refractivity contribution in [1.29, 1.82) is 0 Å². The number of piperidine rings is 1. The standard InChI is InChI=1S/C20H35N3O3/c1-13(2)14-5-7-15(8-6-14)26-12-18-16(21)4-3-11-23(18)20(25)17-9-10-19(24)22-17/h13-18H,3-12,21H2,1-2H3,(H,22,24)/t14-,15+,16-,17?,18-/m0/s1. The molecule has 0 bridgehead atoms. The summed E-state index contributed by atoms with van der Waals surface area (Å²) < 4.78 is 6.22. The lowest BCUT2D eigenvalue weighted by atomic mass is 9.80. The fourth-order valence-electron chi connectivity index (χ4n) is 4.73. The van der Waals surface area contributed by atoms with Crippen LogP contribution in [0.1, 0.15) is 65.2 Å². The molecule has 0 spiro atoms. The van der Waals surface area contributed by atoms with E-state index in [1.54, 1.807) is 0 Å². The monoisotopic (exact) mass is 365 g/mol. The van der Waals surface area contributed by atoms with Crippen LogP contribution in [0, 0.1) is 11.8 Å². The zero-order chi connectivity index (χ0) is 18.7. The molecule has 0 radical (unpaired) electrons. The van der Waals surface area contributed by atoms with Crippen LogP contribution in [0.3, 0.4) is 0 Å². The quantitative estimate of drug-likeness (QED) is 0.778. The van der Waals surface area contributed by atoms with E-state index >= 15 is 0 Å². The second kappa shape index (κ2) is 8.70. The predicted molar refractivity (Wildman–Crippen MR) is 100 cm³/mol. The second-order valence-electron chi connectivity index (χ2n) is 8.68. The Kier molecular flexibility index (Phi) is 6.56. The maximum absolute atomic E-state index is 12.9. The lowest BCUT2D eigenvalue weighted by molar-refractivity contribution is -0.141. The van der Waals surface area contributed by atoms with Gasteiger partial charge in [-0.3, -0.25) is 9.59 Å². The number of nitrogens with two attached hydrogens (primary N) is 1. The van der Waals surface area contributed by atoms with Crippen molar-refractivity contribution in [1.82, 2.24) is 10.2 Å². The average molecular weight is 366 g/mol. The van der Waals surface area contributed by atoms with Crippen molar-refractivity contribution in [2.24, 2.45) is 17.6 Å². The van der Waals surface area contributed by atoms with E-state index in [0.717, 1.165) is 37.5 Å². The highest BCUT2D eigenvalue weighted by Crippen LogP contribution is 2.31. The van der Waals surface area contributed by atoms with Gasteiger partial charge in [0.05, 0.1) is 18.8 Å². The largest absolute Gasteiger partial charge is 0.376 e. The van der Waals surface area contributed by atoms with Gasteiger partial charge in [0.2, 0.25) is 11.8 Å². The minimum Gasteiger partial charge on any atom is -0.376 e. The fourth-order valence-corrected chi connectivity index (χ4v) is 4.73. The second-order valence-corrected chi connectivity index (χ2v) is 8.68. The third-order valence-electron chi connectivity index (χ3n) is 6.57. The highest BCUT2D eigenvalue weighted by Gasteiger charge is 2.38. The maximum Gasteiger partial charge on any atom is 0.245 e. The molecule has 1 aliphatic carbocycles. The molecular formula is C20H35N3O3.